The Morgan fingerprint density at radius 2 is 2.15 bits per heavy atom. The Hall–Kier alpha value is -1.56. The summed E-state index contributed by atoms with van der Waals surface area (Å²) in [6.07, 6.45) is 1.44. The Bertz CT molecular complexity index is 560. The fourth-order valence-electron chi connectivity index (χ4n) is 2.47. The highest BCUT2D eigenvalue weighted by Gasteiger charge is 2.35. The van der Waals surface area contributed by atoms with Crippen LogP contribution in [0.25, 0.3) is 0 Å². The van der Waals surface area contributed by atoms with E-state index in [1.54, 1.807) is 24.0 Å². The second-order valence-electron chi connectivity index (χ2n) is 4.85. The minimum Gasteiger partial charge on any atom is -0.467 e. The molecule has 0 radical (unpaired) electrons. The standard InChI is InChI=1S/C14H17BrN2O3/c1-8-10(6-9(15)7-11(8)16)13(18)17-5-3-4-12(17)14(19)20-2/h6-7,12H,3-5,16H2,1-2H3. The Kier molecular flexibility index (Phi) is 4.32. The highest BCUT2D eigenvalue weighted by Crippen LogP contribution is 2.27. The number of halogens is 1. The van der Waals surface area contributed by atoms with Crippen LogP contribution in [0.15, 0.2) is 16.6 Å². The molecule has 1 fully saturated rings. The van der Waals surface area contributed by atoms with E-state index in [0.717, 1.165) is 16.5 Å². The van der Waals surface area contributed by atoms with Crippen LogP contribution in [0.3, 0.4) is 0 Å². The molecule has 1 atom stereocenters. The zero-order chi connectivity index (χ0) is 14.9. The molecule has 1 aliphatic rings. The van der Waals surface area contributed by atoms with Gasteiger partial charge in [0.25, 0.3) is 5.91 Å². The van der Waals surface area contributed by atoms with Crippen LogP contribution in [0.5, 0.6) is 0 Å². The van der Waals surface area contributed by atoms with E-state index >= 15 is 0 Å². The van der Waals surface area contributed by atoms with Crippen LogP contribution in [0.1, 0.15) is 28.8 Å². The zero-order valence-corrected chi connectivity index (χ0v) is 13.1. The van der Waals surface area contributed by atoms with Gasteiger partial charge in [0, 0.05) is 22.3 Å². The first-order valence-corrected chi connectivity index (χ1v) is 7.19. The average Bonchev–Trinajstić information content (AvgIpc) is 2.90. The summed E-state index contributed by atoms with van der Waals surface area (Å²) in [6, 6.07) is 3.00. The largest absolute Gasteiger partial charge is 0.467 e. The van der Waals surface area contributed by atoms with Gasteiger partial charge in [-0.05, 0) is 37.5 Å². The van der Waals surface area contributed by atoms with Crippen molar-refractivity contribution in [3.05, 3.63) is 27.7 Å². The molecule has 0 spiro atoms. The van der Waals surface area contributed by atoms with Gasteiger partial charge in [0.2, 0.25) is 0 Å². The predicted octanol–water partition coefficient (Wildman–Crippen LogP) is 2.12. The van der Waals surface area contributed by atoms with E-state index in [2.05, 4.69) is 15.9 Å². The molecular weight excluding hydrogens is 324 g/mol. The van der Waals surface area contributed by atoms with Crippen molar-refractivity contribution in [1.82, 2.24) is 4.90 Å². The molecule has 2 rings (SSSR count). The lowest BCUT2D eigenvalue weighted by Crippen LogP contribution is -2.41. The number of hydrogen-bond donors (Lipinski definition) is 1. The van der Waals surface area contributed by atoms with Crippen LogP contribution < -0.4 is 5.73 Å². The van der Waals surface area contributed by atoms with Crippen LogP contribution in [0.2, 0.25) is 0 Å². The van der Waals surface area contributed by atoms with E-state index in [1.807, 2.05) is 0 Å². The Morgan fingerprint density at radius 1 is 1.45 bits per heavy atom. The SMILES string of the molecule is COC(=O)C1CCCN1C(=O)c1cc(Br)cc(N)c1C. The summed E-state index contributed by atoms with van der Waals surface area (Å²) in [4.78, 5) is 25.9. The highest BCUT2D eigenvalue weighted by molar-refractivity contribution is 9.10. The summed E-state index contributed by atoms with van der Waals surface area (Å²) in [5.41, 5.74) is 7.69. The summed E-state index contributed by atoms with van der Waals surface area (Å²) in [5.74, 6) is -0.542. The molecule has 0 aromatic heterocycles. The quantitative estimate of drug-likeness (QED) is 0.661. The third kappa shape index (κ3) is 2.65. The summed E-state index contributed by atoms with van der Waals surface area (Å²) in [6.45, 7) is 2.36. The number of amides is 1. The van der Waals surface area contributed by atoms with Crippen molar-refractivity contribution in [1.29, 1.82) is 0 Å². The highest BCUT2D eigenvalue weighted by atomic mass is 79.9. The van der Waals surface area contributed by atoms with Gasteiger partial charge in [-0.3, -0.25) is 4.79 Å². The lowest BCUT2D eigenvalue weighted by atomic mass is 10.1. The molecule has 1 unspecified atom stereocenters. The second-order valence-corrected chi connectivity index (χ2v) is 5.76. The van der Waals surface area contributed by atoms with E-state index in [9.17, 15) is 9.59 Å². The van der Waals surface area contributed by atoms with Crippen LogP contribution in [-0.4, -0.2) is 36.5 Å². The molecule has 2 N–H and O–H groups in total. The number of rotatable bonds is 2. The average molecular weight is 341 g/mol. The van der Waals surface area contributed by atoms with Crippen LogP contribution in [-0.2, 0) is 9.53 Å². The molecule has 0 saturated carbocycles. The van der Waals surface area contributed by atoms with Crippen molar-refractivity contribution in [3.63, 3.8) is 0 Å². The minimum atomic E-state index is -0.493. The van der Waals surface area contributed by atoms with Gasteiger partial charge in [-0.1, -0.05) is 15.9 Å². The monoisotopic (exact) mass is 340 g/mol. The number of nitrogen functional groups attached to an aromatic ring is 1. The molecular formula is C14H17BrN2O3. The number of esters is 1. The molecule has 1 aromatic carbocycles. The van der Waals surface area contributed by atoms with Crippen LogP contribution in [0.4, 0.5) is 5.69 Å². The second kappa shape index (κ2) is 5.83. The van der Waals surface area contributed by atoms with Crippen molar-refractivity contribution < 1.29 is 14.3 Å². The first-order chi connectivity index (χ1) is 9.45. The lowest BCUT2D eigenvalue weighted by molar-refractivity contribution is -0.145. The number of nitrogens with two attached hydrogens (primary N) is 1. The number of carbonyl (C=O) groups is 2. The molecule has 5 nitrogen and oxygen atoms in total. The van der Waals surface area contributed by atoms with Gasteiger partial charge >= 0.3 is 5.97 Å². The summed E-state index contributed by atoms with van der Waals surface area (Å²) in [5, 5.41) is 0. The Morgan fingerprint density at radius 3 is 2.80 bits per heavy atom. The molecule has 6 heteroatoms. The topological polar surface area (TPSA) is 72.6 Å². The molecule has 1 saturated heterocycles. The van der Waals surface area contributed by atoms with Gasteiger partial charge < -0.3 is 15.4 Å². The van der Waals surface area contributed by atoms with E-state index in [4.69, 9.17) is 10.5 Å². The smallest absolute Gasteiger partial charge is 0.328 e. The molecule has 1 aromatic rings. The summed E-state index contributed by atoms with van der Waals surface area (Å²) in [7, 11) is 1.34. The van der Waals surface area contributed by atoms with Gasteiger partial charge in [0.05, 0.1) is 7.11 Å². The number of hydrogen-bond acceptors (Lipinski definition) is 4. The minimum absolute atomic E-state index is 0.177. The van der Waals surface area contributed by atoms with E-state index in [1.165, 1.54) is 7.11 Å². The van der Waals surface area contributed by atoms with Crippen LogP contribution >= 0.6 is 15.9 Å². The summed E-state index contributed by atoms with van der Waals surface area (Å²) >= 11 is 3.34. The maximum atomic E-state index is 12.6. The lowest BCUT2D eigenvalue weighted by Gasteiger charge is -2.23. The number of benzene rings is 1. The van der Waals surface area contributed by atoms with Gasteiger partial charge in [-0.15, -0.1) is 0 Å². The molecule has 0 bridgehead atoms. The molecule has 20 heavy (non-hydrogen) atoms. The van der Waals surface area contributed by atoms with Gasteiger partial charge in [0.15, 0.2) is 0 Å². The van der Waals surface area contributed by atoms with E-state index < -0.39 is 6.04 Å². The first kappa shape index (κ1) is 14.8. The number of carbonyl (C=O) groups excluding carboxylic acids is 2. The number of methoxy groups -OCH3 is 1. The third-order valence-corrected chi connectivity index (χ3v) is 4.09. The molecule has 1 heterocycles. The number of anilines is 1. The van der Waals surface area contributed by atoms with Crippen molar-refractivity contribution in [3.8, 4) is 0 Å². The number of likely N-dealkylation sites (tertiary alicyclic amines) is 1. The van der Waals surface area contributed by atoms with Crippen molar-refractivity contribution in [2.45, 2.75) is 25.8 Å². The third-order valence-electron chi connectivity index (χ3n) is 3.63. The Balaban J connectivity index is 2.34. The van der Waals surface area contributed by atoms with E-state index in [-0.39, 0.29) is 11.9 Å². The first-order valence-electron chi connectivity index (χ1n) is 6.40. The fraction of sp³-hybridized carbons (Fsp3) is 0.429. The Labute approximate surface area is 126 Å². The molecule has 1 aliphatic heterocycles. The van der Waals surface area contributed by atoms with Crippen molar-refractivity contribution >= 4 is 33.5 Å². The van der Waals surface area contributed by atoms with Gasteiger partial charge in [-0.25, -0.2) is 4.79 Å². The number of nitrogens with zero attached hydrogens (tertiary/aromatic N) is 1. The normalized spacial score (nSPS) is 18.1. The van der Waals surface area contributed by atoms with Crippen molar-refractivity contribution in [2.75, 3.05) is 19.4 Å². The van der Waals surface area contributed by atoms with Crippen molar-refractivity contribution in [2.24, 2.45) is 0 Å². The van der Waals surface area contributed by atoms with Gasteiger partial charge in [-0.2, -0.15) is 0 Å². The maximum Gasteiger partial charge on any atom is 0.328 e. The molecule has 1 amide bonds. The molecule has 108 valence electrons. The van der Waals surface area contributed by atoms with Crippen LogP contribution in [0, 0.1) is 6.92 Å². The van der Waals surface area contributed by atoms with E-state index in [0.29, 0.717) is 24.2 Å². The maximum absolute atomic E-state index is 12.6. The fourth-order valence-corrected chi connectivity index (χ4v) is 2.94. The van der Waals surface area contributed by atoms with Gasteiger partial charge in [0.1, 0.15) is 6.04 Å². The number of ether oxygens (including phenoxy) is 1. The predicted molar refractivity (Wildman–Crippen MR) is 79.4 cm³/mol. The summed E-state index contributed by atoms with van der Waals surface area (Å²) < 4.78 is 5.51. The molecule has 0 aliphatic carbocycles. The zero-order valence-electron chi connectivity index (χ0n) is 11.5.